The predicted octanol–water partition coefficient (Wildman–Crippen LogP) is 4.54. The van der Waals surface area contributed by atoms with Crippen molar-refractivity contribution in [3.05, 3.63) is 71.3 Å². The van der Waals surface area contributed by atoms with E-state index < -0.39 is 11.7 Å². The van der Waals surface area contributed by atoms with E-state index >= 15 is 0 Å². The zero-order valence-electron chi connectivity index (χ0n) is 17.0. The van der Waals surface area contributed by atoms with Crippen molar-refractivity contribution in [2.75, 3.05) is 7.11 Å². The minimum absolute atomic E-state index is 0.122. The predicted molar refractivity (Wildman–Crippen MR) is 109 cm³/mol. The van der Waals surface area contributed by atoms with E-state index in [0.29, 0.717) is 24.8 Å². The van der Waals surface area contributed by atoms with Crippen molar-refractivity contribution in [2.45, 2.75) is 51.7 Å². The lowest BCUT2D eigenvalue weighted by atomic mass is 9.96. The van der Waals surface area contributed by atoms with Crippen molar-refractivity contribution in [1.82, 2.24) is 5.32 Å². The molecule has 0 aliphatic heterocycles. The highest BCUT2D eigenvalue weighted by Gasteiger charge is 2.20. The quantitative estimate of drug-likeness (QED) is 0.713. The summed E-state index contributed by atoms with van der Waals surface area (Å²) in [5.41, 5.74) is 2.03. The molecule has 28 heavy (non-hydrogen) atoms. The first-order chi connectivity index (χ1) is 13.3. The SMILES string of the molecule is COC(=O)c1ccccc1CCC(Cc1ccccc1)NC(=O)OC(C)(C)C. The maximum Gasteiger partial charge on any atom is 0.407 e. The number of nitrogens with one attached hydrogen (secondary N) is 1. The third-order valence-corrected chi connectivity index (χ3v) is 4.23. The first-order valence-corrected chi connectivity index (χ1v) is 9.48. The molecule has 1 amide bonds. The summed E-state index contributed by atoms with van der Waals surface area (Å²) in [4.78, 5) is 24.3. The minimum atomic E-state index is -0.557. The second kappa shape index (κ2) is 9.93. The monoisotopic (exact) mass is 383 g/mol. The number of alkyl carbamates (subject to hydrolysis) is 1. The van der Waals surface area contributed by atoms with Gasteiger partial charge in [-0.3, -0.25) is 0 Å². The zero-order valence-corrected chi connectivity index (χ0v) is 17.0. The third-order valence-electron chi connectivity index (χ3n) is 4.23. The first-order valence-electron chi connectivity index (χ1n) is 9.48. The molecule has 0 radical (unpaired) electrons. The van der Waals surface area contributed by atoms with Gasteiger partial charge in [-0.25, -0.2) is 9.59 Å². The molecule has 1 N–H and O–H groups in total. The van der Waals surface area contributed by atoms with Crippen LogP contribution in [0.3, 0.4) is 0 Å². The molecule has 150 valence electrons. The minimum Gasteiger partial charge on any atom is -0.465 e. The van der Waals surface area contributed by atoms with Crippen molar-refractivity contribution < 1.29 is 19.1 Å². The highest BCUT2D eigenvalue weighted by Crippen LogP contribution is 2.16. The Bertz CT molecular complexity index is 781. The van der Waals surface area contributed by atoms with Crippen LogP contribution in [0.25, 0.3) is 0 Å². The lowest BCUT2D eigenvalue weighted by Crippen LogP contribution is -2.40. The molecule has 0 aliphatic rings. The van der Waals surface area contributed by atoms with Crippen molar-refractivity contribution in [3.63, 3.8) is 0 Å². The summed E-state index contributed by atoms with van der Waals surface area (Å²) in [7, 11) is 1.38. The molecular weight excluding hydrogens is 354 g/mol. The molecule has 0 bridgehead atoms. The van der Waals surface area contributed by atoms with Gasteiger partial charge in [0.1, 0.15) is 5.60 Å². The lowest BCUT2D eigenvalue weighted by molar-refractivity contribution is 0.0500. The van der Waals surface area contributed by atoms with Crippen LogP contribution < -0.4 is 5.32 Å². The summed E-state index contributed by atoms with van der Waals surface area (Å²) in [6.45, 7) is 5.52. The smallest absolute Gasteiger partial charge is 0.407 e. The zero-order chi connectivity index (χ0) is 20.6. The van der Waals surface area contributed by atoms with E-state index in [1.165, 1.54) is 7.11 Å². The Morgan fingerprint density at radius 1 is 1.00 bits per heavy atom. The molecule has 1 atom stereocenters. The van der Waals surface area contributed by atoms with E-state index in [2.05, 4.69) is 5.32 Å². The van der Waals surface area contributed by atoms with E-state index in [1.807, 2.05) is 69.3 Å². The Morgan fingerprint density at radius 3 is 2.29 bits per heavy atom. The van der Waals surface area contributed by atoms with Gasteiger partial charge in [-0.15, -0.1) is 0 Å². The highest BCUT2D eigenvalue weighted by molar-refractivity contribution is 5.90. The highest BCUT2D eigenvalue weighted by atomic mass is 16.6. The van der Waals surface area contributed by atoms with Crippen molar-refractivity contribution in [3.8, 4) is 0 Å². The van der Waals surface area contributed by atoms with E-state index in [9.17, 15) is 9.59 Å². The van der Waals surface area contributed by atoms with Gasteiger partial charge in [-0.1, -0.05) is 48.5 Å². The van der Waals surface area contributed by atoms with Crippen LogP contribution in [0.5, 0.6) is 0 Å². The number of aryl methyl sites for hydroxylation is 1. The van der Waals surface area contributed by atoms with Crippen LogP contribution in [0.1, 0.15) is 48.7 Å². The Hall–Kier alpha value is -2.82. The Kier molecular flexibility index (Phi) is 7.61. The number of amides is 1. The summed E-state index contributed by atoms with van der Waals surface area (Å²) in [5.74, 6) is -0.352. The maximum atomic E-state index is 12.3. The molecule has 5 nitrogen and oxygen atoms in total. The summed E-state index contributed by atoms with van der Waals surface area (Å²) in [6, 6.07) is 17.3. The van der Waals surface area contributed by atoms with Crippen LogP contribution in [0, 0.1) is 0 Å². The molecule has 2 rings (SSSR count). The van der Waals surface area contributed by atoms with Gasteiger partial charge in [-0.05, 0) is 57.2 Å². The molecule has 0 saturated heterocycles. The van der Waals surface area contributed by atoms with Gasteiger partial charge in [0.25, 0.3) is 0 Å². The van der Waals surface area contributed by atoms with E-state index in [-0.39, 0.29) is 12.0 Å². The maximum absolute atomic E-state index is 12.3. The standard InChI is InChI=1S/C23H29NO4/c1-23(2,3)28-22(26)24-19(16-17-10-6-5-7-11-17)15-14-18-12-8-9-13-20(18)21(25)27-4/h5-13,19H,14-16H2,1-4H3,(H,24,26). The molecule has 0 spiro atoms. The normalized spacial score (nSPS) is 12.1. The molecule has 0 heterocycles. The van der Waals surface area contributed by atoms with Gasteiger partial charge in [0.15, 0.2) is 0 Å². The van der Waals surface area contributed by atoms with E-state index in [4.69, 9.17) is 9.47 Å². The number of hydrogen-bond acceptors (Lipinski definition) is 4. The number of hydrogen-bond donors (Lipinski definition) is 1. The summed E-state index contributed by atoms with van der Waals surface area (Å²) in [5, 5.41) is 2.98. The fourth-order valence-electron chi connectivity index (χ4n) is 2.98. The number of carbonyl (C=O) groups is 2. The van der Waals surface area contributed by atoms with Crippen LogP contribution in [-0.2, 0) is 22.3 Å². The fraction of sp³-hybridized carbons (Fsp3) is 0.391. The van der Waals surface area contributed by atoms with E-state index in [0.717, 1.165) is 11.1 Å². The molecule has 0 aliphatic carbocycles. The average molecular weight is 383 g/mol. The van der Waals surface area contributed by atoms with E-state index in [1.54, 1.807) is 6.07 Å². The largest absolute Gasteiger partial charge is 0.465 e. The number of carbonyl (C=O) groups excluding carboxylic acids is 2. The first kappa shape index (κ1) is 21.5. The average Bonchev–Trinajstić information content (AvgIpc) is 2.65. The van der Waals surface area contributed by atoms with Gasteiger partial charge >= 0.3 is 12.1 Å². The second-order valence-electron chi connectivity index (χ2n) is 7.72. The van der Waals surface area contributed by atoms with Gasteiger partial charge in [0.05, 0.1) is 12.7 Å². The molecule has 1 unspecified atom stereocenters. The molecule has 5 heteroatoms. The topological polar surface area (TPSA) is 64.6 Å². The number of methoxy groups -OCH3 is 1. The van der Waals surface area contributed by atoms with Gasteiger partial charge in [-0.2, -0.15) is 0 Å². The summed E-state index contributed by atoms with van der Waals surface area (Å²) < 4.78 is 10.3. The van der Waals surface area contributed by atoms with Crippen LogP contribution in [0.4, 0.5) is 4.79 Å². The number of benzene rings is 2. The van der Waals surface area contributed by atoms with Crippen LogP contribution >= 0.6 is 0 Å². The summed E-state index contributed by atoms with van der Waals surface area (Å²) >= 11 is 0. The van der Waals surface area contributed by atoms with Gasteiger partial charge in [0.2, 0.25) is 0 Å². The Balaban J connectivity index is 2.11. The molecule has 2 aromatic carbocycles. The third kappa shape index (κ3) is 7.06. The molecule has 2 aromatic rings. The van der Waals surface area contributed by atoms with Crippen LogP contribution in [0.15, 0.2) is 54.6 Å². The Labute approximate surface area is 167 Å². The van der Waals surface area contributed by atoms with Crippen LogP contribution in [-0.4, -0.2) is 30.8 Å². The van der Waals surface area contributed by atoms with Crippen molar-refractivity contribution in [1.29, 1.82) is 0 Å². The second-order valence-corrected chi connectivity index (χ2v) is 7.72. The van der Waals surface area contributed by atoms with Crippen molar-refractivity contribution in [2.24, 2.45) is 0 Å². The molecule has 0 aromatic heterocycles. The number of esters is 1. The van der Waals surface area contributed by atoms with Crippen molar-refractivity contribution >= 4 is 12.1 Å². The number of rotatable bonds is 7. The molecular formula is C23H29NO4. The fourth-order valence-corrected chi connectivity index (χ4v) is 2.98. The molecule has 0 fully saturated rings. The summed E-state index contributed by atoms with van der Waals surface area (Å²) in [6.07, 6.45) is 1.55. The van der Waals surface area contributed by atoms with Gasteiger partial charge in [0, 0.05) is 6.04 Å². The lowest BCUT2D eigenvalue weighted by Gasteiger charge is -2.24. The van der Waals surface area contributed by atoms with Crippen LogP contribution in [0.2, 0.25) is 0 Å². The number of ether oxygens (including phenoxy) is 2. The molecule has 0 saturated carbocycles. The van der Waals surface area contributed by atoms with Gasteiger partial charge < -0.3 is 14.8 Å². The Morgan fingerprint density at radius 2 is 1.64 bits per heavy atom.